The molecule has 0 aliphatic carbocycles. The summed E-state index contributed by atoms with van der Waals surface area (Å²) in [4.78, 5) is 0. The van der Waals surface area contributed by atoms with Crippen LogP contribution in [-0.2, 0) is 0 Å². The zero-order valence-electron chi connectivity index (χ0n) is 22.1. The zero-order chi connectivity index (χ0) is 23.1. The maximum atomic E-state index is 3.88. The van der Waals surface area contributed by atoms with Crippen LogP contribution in [0.25, 0.3) is 0 Å². The van der Waals surface area contributed by atoms with Gasteiger partial charge in [0.15, 0.2) is 0 Å². The second-order valence-electron chi connectivity index (χ2n) is 8.31. The molecule has 1 nitrogen and oxygen atoms in total. The highest BCUT2D eigenvalue weighted by atomic mass is 14.8. The zero-order valence-corrected chi connectivity index (χ0v) is 22.1. The van der Waals surface area contributed by atoms with Gasteiger partial charge >= 0.3 is 0 Å². The monoisotopic (exact) mass is 407 g/mol. The van der Waals surface area contributed by atoms with Crippen LogP contribution in [-0.4, -0.2) is 13.6 Å². The van der Waals surface area contributed by atoms with Gasteiger partial charge in [0, 0.05) is 6.54 Å². The van der Waals surface area contributed by atoms with E-state index >= 15 is 0 Å². The molecule has 0 aromatic heterocycles. The Morgan fingerprint density at radius 3 is 1.62 bits per heavy atom. The molecule has 0 aromatic carbocycles. The van der Waals surface area contributed by atoms with E-state index in [4.69, 9.17) is 0 Å². The molecule has 0 fully saturated rings. The Morgan fingerprint density at radius 1 is 0.931 bits per heavy atom. The van der Waals surface area contributed by atoms with Crippen molar-refractivity contribution < 1.29 is 0 Å². The van der Waals surface area contributed by atoms with Gasteiger partial charge in [-0.2, -0.15) is 0 Å². The average Bonchev–Trinajstić information content (AvgIpc) is 2.68. The lowest BCUT2D eigenvalue weighted by Crippen LogP contribution is -2.20. The Hall–Kier alpha value is -0.820. The van der Waals surface area contributed by atoms with E-state index in [2.05, 4.69) is 78.6 Å². The van der Waals surface area contributed by atoms with E-state index < -0.39 is 0 Å². The highest BCUT2D eigenvalue weighted by molar-refractivity contribution is 5.22. The SMILES string of the molecule is C=C(C)C/C=C\C(=C/C)C(C)CNC.CC.CCCC(CCC)(CCC)CCC. The lowest BCUT2D eigenvalue weighted by Gasteiger charge is -2.33. The molecule has 0 aliphatic rings. The highest BCUT2D eigenvalue weighted by Gasteiger charge is 2.25. The molecular formula is C28H57N. The number of hydrogen-bond donors (Lipinski definition) is 1. The van der Waals surface area contributed by atoms with E-state index in [1.807, 2.05) is 20.9 Å². The first kappa shape index (κ1) is 32.8. The third-order valence-electron chi connectivity index (χ3n) is 5.31. The molecule has 1 atom stereocenters. The van der Waals surface area contributed by atoms with Crippen molar-refractivity contribution in [3.8, 4) is 0 Å². The van der Waals surface area contributed by atoms with Gasteiger partial charge in [0.05, 0.1) is 0 Å². The number of hydrogen-bond acceptors (Lipinski definition) is 1. The molecule has 0 radical (unpaired) electrons. The van der Waals surface area contributed by atoms with Gasteiger partial charge in [0.1, 0.15) is 0 Å². The van der Waals surface area contributed by atoms with Crippen LogP contribution in [0.5, 0.6) is 0 Å². The van der Waals surface area contributed by atoms with Crippen LogP contribution in [0.2, 0.25) is 0 Å². The van der Waals surface area contributed by atoms with E-state index in [0.717, 1.165) is 13.0 Å². The van der Waals surface area contributed by atoms with E-state index in [-0.39, 0.29) is 0 Å². The molecule has 174 valence electrons. The maximum absolute atomic E-state index is 3.88. The molecule has 1 unspecified atom stereocenters. The van der Waals surface area contributed by atoms with E-state index in [9.17, 15) is 0 Å². The van der Waals surface area contributed by atoms with Crippen molar-refractivity contribution in [2.24, 2.45) is 11.3 Å². The normalized spacial score (nSPS) is 12.7. The highest BCUT2D eigenvalue weighted by Crippen LogP contribution is 2.39. The summed E-state index contributed by atoms with van der Waals surface area (Å²) in [7, 11) is 1.99. The lowest BCUT2D eigenvalue weighted by molar-refractivity contribution is 0.190. The Morgan fingerprint density at radius 2 is 1.34 bits per heavy atom. The van der Waals surface area contributed by atoms with Gasteiger partial charge in [-0.15, -0.1) is 0 Å². The van der Waals surface area contributed by atoms with Crippen LogP contribution in [0.15, 0.2) is 36.0 Å². The third-order valence-corrected chi connectivity index (χ3v) is 5.31. The Kier molecular flexibility index (Phi) is 26.6. The first-order valence-electron chi connectivity index (χ1n) is 12.5. The van der Waals surface area contributed by atoms with Gasteiger partial charge in [0.25, 0.3) is 0 Å². The summed E-state index contributed by atoms with van der Waals surface area (Å²) in [6, 6.07) is 0. The summed E-state index contributed by atoms with van der Waals surface area (Å²) in [5.74, 6) is 0.575. The molecule has 0 saturated heterocycles. The summed E-state index contributed by atoms with van der Waals surface area (Å²) in [6.07, 6.45) is 18.8. The molecule has 0 heterocycles. The summed E-state index contributed by atoms with van der Waals surface area (Å²) in [5.41, 5.74) is 3.30. The molecule has 29 heavy (non-hydrogen) atoms. The molecule has 0 bridgehead atoms. The van der Waals surface area contributed by atoms with Gasteiger partial charge < -0.3 is 5.32 Å². The predicted molar refractivity (Wildman–Crippen MR) is 139 cm³/mol. The fraction of sp³-hybridized carbons (Fsp3) is 0.786. The van der Waals surface area contributed by atoms with Gasteiger partial charge in [-0.1, -0.05) is 105 Å². The smallest absolute Gasteiger partial charge is 0.00143 e. The fourth-order valence-electron chi connectivity index (χ4n) is 4.24. The van der Waals surface area contributed by atoms with Crippen LogP contribution >= 0.6 is 0 Å². The minimum atomic E-state index is 0.575. The minimum Gasteiger partial charge on any atom is -0.319 e. The van der Waals surface area contributed by atoms with Crippen LogP contribution in [0, 0.1) is 11.3 Å². The molecule has 0 aromatic rings. The van der Waals surface area contributed by atoms with Crippen molar-refractivity contribution in [2.75, 3.05) is 13.6 Å². The first-order valence-corrected chi connectivity index (χ1v) is 12.5. The van der Waals surface area contributed by atoms with Gasteiger partial charge in [-0.05, 0) is 69.9 Å². The van der Waals surface area contributed by atoms with Crippen LogP contribution in [0.3, 0.4) is 0 Å². The molecule has 0 rings (SSSR count). The standard InChI is InChI=1S/C13H23N.C13H28.C2H6/c1-6-13(12(4)10-14-5)9-7-8-11(2)3;1-5-9-13(10-6-2,11-7-3)12-8-4;1-2/h6-7,9,12,14H,2,8,10H2,1,3-5H3;5-12H2,1-4H3;1-2H3/b9-7-,13-6+;;. The average molecular weight is 408 g/mol. The fourth-order valence-corrected chi connectivity index (χ4v) is 4.24. The Labute approximate surface area is 186 Å². The van der Waals surface area contributed by atoms with Crippen molar-refractivity contribution in [3.63, 3.8) is 0 Å². The third kappa shape index (κ3) is 18.9. The first-order chi connectivity index (χ1) is 13.9. The summed E-state index contributed by atoms with van der Waals surface area (Å²) < 4.78 is 0. The molecule has 1 heteroatoms. The minimum absolute atomic E-state index is 0.575. The molecular weight excluding hydrogens is 350 g/mol. The largest absolute Gasteiger partial charge is 0.319 e. The van der Waals surface area contributed by atoms with Gasteiger partial charge in [0.2, 0.25) is 0 Å². The van der Waals surface area contributed by atoms with Gasteiger partial charge in [-0.25, -0.2) is 0 Å². The predicted octanol–water partition coefficient (Wildman–Crippen LogP) is 9.51. The molecule has 0 saturated carbocycles. The second kappa shape index (κ2) is 23.5. The topological polar surface area (TPSA) is 12.0 Å². The Balaban J connectivity index is -0.000000430. The van der Waals surface area contributed by atoms with E-state index in [1.54, 1.807) is 0 Å². The molecule has 1 N–H and O–H groups in total. The summed E-state index contributed by atoms with van der Waals surface area (Å²) in [6.45, 7) is 24.6. The van der Waals surface area contributed by atoms with E-state index in [0.29, 0.717) is 11.3 Å². The lowest BCUT2D eigenvalue weighted by atomic mass is 9.72. The quantitative estimate of drug-likeness (QED) is 0.223. The second-order valence-corrected chi connectivity index (χ2v) is 8.31. The number of allylic oxidation sites excluding steroid dienone is 4. The Bertz CT molecular complexity index is 373. The summed E-state index contributed by atoms with van der Waals surface area (Å²) in [5, 5.41) is 3.19. The summed E-state index contributed by atoms with van der Waals surface area (Å²) >= 11 is 0. The van der Waals surface area contributed by atoms with Crippen molar-refractivity contribution in [2.45, 2.75) is 120 Å². The molecule has 0 aliphatic heterocycles. The van der Waals surface area contributed by atoms with Crippen molar-refractivity contribution in [1.82, 2.24) is 5.32 Å². The number of rotatable bonds is 14. The van der Waals surface area contributed by atoms with Crippen LogP contribution in [0.1, 0.15) is 120 Å². The van der Waals surface area contributed by atoms with Gasteiger partial charge in [-0.3, -0.25) is 0 Å². The van der Waals surface area contributed by atoms with Crippen LogP contribution in [0.4, 0.5) is 0 Å². The van der Waals surface area contributed by atoms with Crippen molar-refractivity contribution >= 4 is 0 Å². The van der Waals surface area contributed by atoms with Crippen molar-refractivity contribution in [3.05, 3.63) is 36.0 Å². The molecule has 0 spiro atoms. The molecule has 0 amide bonds. The maximum Gasteiger partial charge on any atom is 0.00143 e. The van der Waals surface area contributed by atoms with Crippen LogP contribution < -0.4 is 5.32 Å². The number of nitrogens with one attached hydrogen (secondary N) is 1. The van der Waals surface area contributed by atoms with Crippen molar-refractivity contribution in [1.29, 1.82) is 0 Å². The van der Waals surface area contributed by atoms with E-state index in [1.165, 1.54) is 62.5 Å².